The van der Waals surface area contributed by atoms with Crippen LogP contribution in [0.5, 0.6) is 0 Å². The van der Waals surface area contributed by atoms with E-state index in [9.17, 15) is 0 Å². The Morgan fingerprint density at radius 2 is 2.00 bits per heavy atom. The Hall–Kier alpha value is 0.560. The molecule has 0 aromatic heterocycles. The first-order valence-corrected chi connectivity index (χ1v) is 2.17. The van der Waals surface area contributed by atoms with Crippen LogP contribution in [-0.4, -0.2) is 9.93 Å². The smallest absolute Gasteiger partial charge is 0.0742 e. The topological polar surface area (TPSA) is 46.2 Å². The molecule has 0 fully saturated rings. The van der Waals surface area contributed by atoms with Crippen molar-refractivity contribution in [2.75, 3.05) is 0 Å². The van der Waals surface area contributed by atoms with Crippen molar-refractivity contribution in [3.8, 4) is 0 Å². The van der Waals surface area contributed by atoms with Crippen molar-refractivity contribution in [3.63, 3.8) is 0 Å². The molecule has 0 aromatic rings. The minimum atomic E-state index is -0.144. The Bertz CT molecular complexity index is 27.5. The maximum Gasteiger partial charge on any atom is 0.0742 e. The van der Waals surface area contributed by atoms with Gasteiger partial charge >= 0.3 is 0 Å². The summed E-state index contributed by atoms with van der Waals surface area (Å²) in [5.74, 6) is 0. The van der Waals surface area contributed by atoms with Crippen molar-refractivity contribution < 1.29 is 4.55 Å². The van der Waals surface area contributed by atoms with E-state index in [1.54, 1.807) is 6.92 Å². The van der Waals surface area contributed by atoms with Crippen LogP contribution in [-0.2, 0) is 0 Å². The van der Waals surface area contributed by atoms with Crippen LogP contribution in [0.3, 0.4) is 0 Å². The van der Waals surface area contributed by atoms with E-state index in [-0.39, 0.29) is 17.8 Å². The van der Waals surface area contributed by atoms with Crippen LogP contribution in [0.1, 0.15) is 6.92 Å². The summed E-state index contributed by atoms with van der Waals surface area (Å²) >= 11 is 0.657. The molecule has 0 amide bonds. The monoisotopic (exact) mass is 129 g/mol. The second kappa shape index (κ2) is 5.56. The molecule has 0 saturated heterocycles. The lowest BCUT2D eigenvalue weighted by Gasteiger charge is -1.89. The minimum Gasteiger partial charge on any atom is -0.329 e. The summed E-state index contributed by atoms with van der Waals surface area (Å²) in [6.45, 7) is 1.71. The van der Waals surface area contributed by atoms with Crippen LogP contribution in [0.2, 0.25) is 0 Å². The molecule has 4 heteroatoms. The van der Waals surface area contributed by atoms with E-state index in [0.29, 0.717) is 12.0 Å². The maximum atomic E-state index is 7.94. The number of hydrogen-bond acceptors (Lipinski definition) is 3. The van der Waals surface area contributed by atoms with E-state index in [0.717, 1.165) is 0 Å². The summed E-state index contributed by atoms with van der Waals surface area (Å²) in [7, 11) is 0. The number of hydrogen-bond donors (Lipinski definition) is 2. The summed E-state index contributed by atoms with van der Waals surface area (Å²) in [6.07, 6.45) is 0. The van der Waals surface area contributed by atoms with E-state index >= 15 is 0 Å². The van der Waals surface area contributed by atoms with Gasteiger partial charge < -0.3 is 10.3 Å². The molecule has 0 saturated carbocycles. The third kappa shape index (κ3) is 8.82. The molecule has 0 bridgehead atoms. The third-order valence-corrected chi connectivity index (χ3v) is 0.499. The first-order valence-electron chi connectivity index (χ1n) is 1.33. The van der Waals surface area contributed by atoms with Gasteiger partial charge in [-0.15, -0.1) is 12.4 Å². The van der Waals surface area contributed by atoms with Crippen molar-refractivity contribution in [1.82, 2.24) is 0 Å². The molecule has 6 heavy (non-hydrogen) atoms. The summed E-state index contributed by atoms with van der Waals surface area (Å²) in [6, 6.07) is 0. The van der Waals surface area contributed by atoms with Crippen molar-refractivity contribution >= 4 is 24.4 Å². The van der Waals surface area contributed by atoms with Gasteiger partial charge in [0.2, 0.25) is 0 Å². The molecule has 0 aromatic carbocycles. The van der Waals surface area contributed by atoms with E-state index in [1.165, 1.54) is 0 Å². The highest BCUT2D eigenvalue weighted by Gasteiger charge is 1.82. The van der Waals surface area contributed by atoms with Crippen LogP contribution >= 0.6 is 24.4 Å². The fourth-order valence-corrected chi connectivity index (χ4v) is 0. The van der Waals surface area contributed by atoms with Gasteiger partial charge in [-0.05, 0) is 6.92 Å². The lowest BCUT2D eigenvalue weighted by molar-refractivity contribution is 0.653. The van der Waals surface area contributed by atoms with E-state index in [4.69, 9.17) is 10.3 Å². The summed E-state index contributed by atoms with van der Waals surface area (Å²) in [4.78, 5) is 0. The Labute approximate surface area is 47.7 Å². The average molecular weight is 130 g/mol. The van der Waals surface area contributed by atoms with Gasteiger partial charge in [0.1, 0.15) is 0 Å². The zero-order valence-electron chi connectivity index (χ0n) is 3.42. The van der Waals surface area contributed by atoms with Crippen LogP contribution in [0.15, 0.2) is 0 Å². The van der Waals surface area contributed by atoms with Crippen molar-refractivity contribution in [2.45, 2.75) is 12.3 Å². The second-order valence-electron chi connectivity index (χ2n) is 0.811. The van der Waals surface area contributed by atoms with Gasteiger partial charge in [0.15, 0.2) is 0 Å². The van der Waals surface area contributed by atoms with E-state index in [2.05, 4.69) is 0 Å². The Kier molecular flexibility index (Phi) is 9.04. The summed E-state index contributed by atoms with van der Waals surface area (Å²) in [5.41, 5.74) is 5.00. The molecule has 1 atom stereocenters. The lowest BCUT2D eigenvalue weighted by Crippen LogP contribution is -2.07. The predicted octanol–water partition coefficient (Wildman–Crippen LogP) is 0.919. The van der Waals surface area contributed by atoms with Gasteiger partial charge in [-0.1, -0.05) is 0 Å². The molecule has 2 nitrogen and oxygen atoms in total. The molecular formula is C2H8ClNOS. The molecule has 0 aliphatic carbocycles. The highest BCUT2D eigenvalue weighted by Crippen LogP contribution is 1.92. The van der Waals surface area contributed by atoms with Crippen molar-refractivity contribution in [3.05, 3.63) is 0 Å². The van der Waals surface area contributed by atoms with Crippen LogP contribution in [0.25, 0.3) is 0 Å². The van der Waals surface area contributed by atoms with Gasteiger partial charge in [0.05, 0.1) is 5.37 Å². The van der Waals surface area contributed by atoms with Crippen molar-refractivity contribution in [2.24, 2.45) is 5.73 Å². The maximum absolute atomic E-state index is 7.94. The Morgan fingerprint density at radius 3 is 2.00 bits per heavy atom. The molecule has 3 N–H and O–H groups in total. The van der Waals surface area contributed by atoms with Gasteiger partial charge in [-0.3, -0.25) is 0 Å². The third-order valence-electron chi connectivity index (χ3n) is 0.166. The summed E-state index contributed by atoms with van der Waals surface area (Å²) in [5, 5.41) is -0.144. The van der Waals surface area contributed by atoms with Crippen molar-refractivity contribution in [1.29, 1.82) is 0 Å². The largest absolute Gasteiger partial charge is 0.329 e. The first kappa shape index (κ1) is 9.75. The zero-order chi connectivity index (χ0) is 4.28. The van der Waals surface area contributed by atoms with Gasteiger partial charge in [-0.25, -0.2) is 0 Å². The first-order chi connectivity index (χ1) is 2.27. The average Bonchev–Trinajstić information content (AvgIpc) is 1.38. The Balaban J connectivity index is 0. The summed E-state index contributed by atoms with van der Waals surface area (Å²) < 4.78 is 7.94. The van der Waals surface area contributed by atoms with E-state index in [1.807, 2.05) is 0 Å². The zero-order valence-corrected chi connectivity index (χ0v) is 5.05. The van der Waals surface area contributed by atoms with E-state index < -0.39 is 0 Å². The molecule has 0 rings (SSSR count). The van der Waals surface area contributed by atoms with Gasteiger partial charge in [0, 0.05) is 12.0 Å². The number of nitrogens with two attached hydrogens (primary N) is 1. The fourth-order valence-electron chi connectivity index (χ4n) is 0. The second-order valence-corrected chi connectivity index (χ2v) is 1.76. The van der Waals surface area contributed by atoms with Gasteiger partial charge in [-0.2, -0.15) is 0 Å². The van der Waals surface area contributed by atoms with Gasteiger partial charge in [0.25, 0.3) is 0 Å². The van der Waals surface area contributed by atoms with Crippen LogP contribution in [0, 0.1) is 0 Å². The fraction of sp³-hybridized carbons (Fsp3) is 1.00. The Morgan fingerprint density at radius 1 is 1.83 bits per heavy atom. The number of rotatable bonds is 1. The molecule has 0 radical (unpaired) electrons. The molecular weight excluding hydrogens is 122 g/mol. The SMILES string of the molecule is CC(N)SO.Cl. The molecule has 0 aliphatic heterocycles. The van der Waals surface area contributed by atoms with Crippen LogP contribution < -0.4 is 5.73 Å². The quantitative estimate of drug-likeness (QED) is 0.409. The minimum absolute atomic E-state index is 0. The molecule has 40 valence electrons. The highest BCUT2D eigenvalue weighted by atomic mass is 35.5. The molecule has 0 spiro atoms. The normalized spacial score (nSPS) is 12.5. The predicted molar refractivity (Wildman–Crippen MR) is 31.1 cm³/mol. The molecule has 0 aliphatic rings. The standard InChI is InChI=1S/C2H7NOS.ClH/c1-2(3)5-4;/h2,4H,3H2,1H3;1H. The molecule has 0 heterocycles. The van der Waals surface area contributed by atoms with Crippen LogP contribution in [0.4, 0.5) is 0 Å². The highest BCUT2D eigenvalue weighted by molar-refractivity contribution is 7.94. The number of halogens is 1. The molecule has 1 unspecified atom stereocenters. The lowest BCUT2D eigenvalue weighted by atomic mass is 10.8.